The Labute approximate surface area is 286 Å². The van der Waals surface area contributed by atoms with Gasteiger partial charge in [-0.1, -0.05) is 107 Å². The Balaban J connectivity index is 1.24. The number of nitrogens with zero attached hydrogens (tertiary/aromatic N) is 7. The summed E-state index contributed by atoms with van der Waals surface area (Å²) in [6.07, 6.45) is 0. The molecule has 0 saturated carbocycles. The minimum Gasteiger partial charge on any atom is -0.310 e. The third kappa shape index (κ3) is 4.31. The van der Waals surface area contributed by atoms with E-state index in [1.54, 1.807) is 0 Å². The Hall–Kier alpha value is -5.12. The number of hydrogen-bond acceptors (Lipinski definition) is 9. The first-order valence-electron chi connectivity index (χ1n) is 16.0. The molecule has 48 heavy (non-hydrogen) atoms. The number of fused-ring (bicyclic) bond motifs is 8. The van der Waals surface area contributed by atoms with Crippen molar-refractivity contribution in [3.63, 3.8) is 0 Å². The SMILES string of the molecule is CC(C)(C)c1ccc(-c2nc3c4nsnc4c4nsnc4c3nc2-c2ccc(N3c4ccccc4C(C)(C)c4ccccc43)cc2)cc1. The van der Waals surface area contributed by atoms with Crippen LogP contribution in [0.5, 0.6) is 0 Å². The summed E-state index contributed by atoms with van der Waals surface area (Å²) in [7, 11) is 0. The van der Waals surface area contributed by atoms with Crippen molar-refractivity contribution in [3.8, 4) is 22.5 Å². The molecular formula is C39H31N7S2. The molecule has 0 bridgehead atoms. The van der Waals surface area contributed by atoms with Crippen LogP contribution in [-0.4, -0.2) is 27.5 Å². The first kappa shape index (κ1) is 29.1. The van der Waals surface area contributed by atoms with Crippen LogP contribution in [-0.2, 0) is 10.8 Å². The monoisotopic (exact) mass is 661 g/mol. The number of aromatic nitrogens is 6. The molecule has 9 rings (SSSR count). The Morgan fingerprint density at radius 1 is 0.521 bits per heavy atom. The van der Waals surface area contributed by atoms with Gasteiger partial charge in [0.05, 0.1) is 46.2 Å². The molecule has 0 atom stereocenters. The largest absolute Gasteiger partial charge is 0.310 e. The summed E-state index contributed by atoms with van der Waals surface area (Å²) in [5.41, 5.74) is 15.0. The van der Waals surface area contributed by atoms with Crippen molar-refractivity contribution < 1.29 is 0 Å². The van der Waals surface area contributed by atoms with Crippen LogP contribution in [0.3, 0.4) is 0 Å². The van der Waals surface area contributed by atoms with Crippen molar-refractivity contribution in [3.05, 3.63) is 114 Å². The van der Waals surface area contributed by atoms with Gasteiger partial charge in [0, 0.05) is 22.2 Å². The average molecular weight is 662 g/mol. The maximum absolute atomic E-state index is 5.32. The predicted molar refractivity (Wildman–Crippen MR) is 198 cm³/mol. The van der Waals surface area contributed by atoms with Gasteiger partial charge in [0.25, 0.3) is 0 Å². The third-order valence-corrected chi connectivity index (χ3v) is 10.7. The van der Waals surface area contributed by atoms with Crippen molar-refractivity contribution in [2.75, 3.05) is 4.90 Å². The Kier molecular flexibility index (Phi) is 6.32. The normalized spacial score (nSPS) is 14.1. The standard InChI is InChI=1S/C39H31N7S2/c1-38(2,3)24-18-14-22(15-19-24)30-31(41-33-32(40-30)34-36(44-47-42-34)37-35(33)43-48-45-37)23-16-20-25(21-17-23)46-28-12-8-6-10-26(28)39(4,5)27-11-7-9-13-29(27)46/h6-21H,1-5H3. The lowest BCUT2D eigenvalue weighted by Gasteiger charge is -2.42. The Morgan fingerprint density at radius 3 is 1.40 bits per heavy atom. The molecule has 5 aromatic carbocycles. The van der Waals surface area contributed by atoms with Crippen LogP contribution in [0, 0.1) is 0 Å². The van der Waals surface area contributed by atoms with Gasteiger partial charge < -0.3 is 4.90 Å². The van der Waals surface area contributed by atoms with Crippen LogP contribution < -0.4 is 4.90 Å². The van der Waals surface area contributed by atoms with Crippen molar-refractivity contribution in [2.45, 2.75) is 45.4 Å². The number of anilines is 3. The van der Waals surface area contributed by atoms with Gasteiger partial charge in [0.1, 0.15) is 33.1 Å². The molecule has 0 N–H and O–H groups in total. The third-order valence-electron chi connectivity index (χ3n) is 9.61. The lowest BCUT2D eigenvalue weighted by molar-refractivity contribution is 0.590. The average Bonchev–Trinajstić information content (AvgIpc) is 3.79. The Morgan fingerprint density at radius 2 is 0.938 bits per heavy atom. The van der Waals surface area contributed by atoms with E-state index >= 15 is 0 Å². The molecule has 4 heterocycles. The van der Waals surface area contributed by atoms with Crippen LogP contribution in [0.15, 0.2) is 97.1 Å². The molecule has 8 aromatic rings. The molecule has 0 spiro atoms. The van der Waals surface area contributed by atoms with E-state index in [-0.39, 0.29) is 10.8 Å². The fourth-order valence-corrected chi connectivity index (χ4v) is 8.11. The van der Waals surface area contributed by atoms with Crippen LogP contribution in [0.1, 0.15) is 51.3 Å². The molecule has 9 heteroatoms. The smallest absolute Gasteiger partial charge is 0.136 e. The summed E-state index contributed by atoms with van der Waals surface area (Å²) in [5, 5.41) is 0. The first-order chi connectivity index (χ1) is 23.2. The van der Waals surface area contributed by atoms with E-state index in [0.29, 0.717) is 22.1 Å². The second-order valence-electron chi connectivity index (χ2n) is 13.9. The first-order valence-corrected chi connectivity index (χ1v) is 17.4. The lowest BCUT2D eigenvalue weighted by atomic mass is 9.73. The quantitative estimate of drug-likeness (QED) is 0.186. The number of rotatable bonds is 3. The van der Waals surface area contributed by atoms with E-state index < -0.39 is 0 Å². The van der Waals surface area contributed by atoms with Gasteiger partial charge in [0.15, 0.2) is 0 Å². The lowest BCUT2D eigenvalue weighted by Crippen LogP contribution is -2.30. The summed E-state index contributed by atoms with van der Waals surface area (Å²) in [4.78, 5) is 13.0. The van der Waals surface area contributed by atoms with Crippen molar-refractivity contribution >= 4 is 73.6 Å². The van der Waals surface area contributed by atoms with Gasteiger partial charge in [0.2, 0.25) is 0 Å². The van der Waals surface area contributed by atoms with Gasteiger partial charge in [-0.3, -0.25) is 0 Å². The molecule has 0 unspecified atom stereocenters. The molecule has 0 fully saturated rings. The number of para-hydroxylation sites is 2. The zero-order valence-corrected chi connectivity index (χ0v) is 28.8. The van der Waals surface area contributed by atoms with Crippen LogP contribution in [0.4, 0.5) is 17.1 Å². The van der Waals surface area contributed by atoms with Gasteiger partial charge in [-0.25, -0.2) is 9.97 Å². The van der Waals surface area contributed by atoms with Crippen molar-refractivity contribution in [1.82, 2.24) is 27.5 Å². The van der Waals surface area contributed by atoms with Gasteiger partial charge in [-0.2, -0.15) is 17.5 Å². The zero-order valence-electron chi connectivity index (χ0n) is 27.2. The van der Waals surface area contributed by atoms with Gasteiger partial charge in [-0.05, 0) is 46.4 Å². The van der Waals surface area contributed by atoms with Crippen LogP contribution >= 0.6 is 23.5 Å². The molecule has 0 aliphatic carbocycles. The van der Waals surface area contributed by atoms with Crippen molar-refractivity contribution in [1.29, 1.82) is 0 Å². The number of benzene rings is 5. The molecular weight excluding hydrogens is 631 g/mol. The molecule has 1 aliphatic heterocycles. The molecule has 3 aromatic heterocycles. The maximum atomic E-state index is 5.32. The molecule has 234 valence electrons. The van der Waals surface area contributed by atoms with Crippen LogP contribution in [0.25, 0.3) is 55.6 Å². The van der Waals surface area contributed by atoms with E-state index in [1.807, 2.05) is 0 Å². The van der Waals surface area contributed by atoms with E-state index in [2.05, 4.69) is 154 Å². The summed E-state index contributed by atoms with van der Waals surface area (Å²) in [6.45, 7) is 11.3. The molecule has 7 nitrogen and oxygen atoms in total. The topological polar surface area (TPSA) is 80.6 Å². The highest BCUT2D eigenvalue weighted by atomic mass is 32.1. The maximum Gasteiger partial charge on any atom is 0.136 e. The molecule has 1 aliphatic rings. The fraction of sp³-hybridized carbons (Fsp3) is 0.179. The highest BCUT2D eigenvalue weighted by Gasteiger charge is 2.36. The second-order valence-corrected chi connectivity index (χ2v) is 15.0. The van der Waals surface area contributed by atoms with Crippen LogP contribution in [0.2, 0.25) is 0 Å². The van der Waals surface area contributed by atoms with E-state index in [0.717, 1.165) is 62.7 Å². The zero-order chi connectivity index (χ0) is 32.8. The summed E-state index contributed by atoms with van der Waals surface area (Å²) < 4.78 is 18.4. The molecule has 0 radical (unpaired) electrons. The number of hydrogen-bond donors (Lipinski definition) is 0. The van der Waals surface area contributed by atoms with Gasteiger partial charge >= 0.3 is 0 Å². The van der Waals surface area contributed by atoms with E-state index in [9.17, 15) is 0 Å². The summed E-state index contributed by atoms with van der Waals surface area (Å²) >= 11 is 2.32. The second kappa shape index (κ2) is 10.4. The summed E-state index contributed by atoms with van der Waals surface area (Å²) in [5.74, 6) is 0. The fourth-order valence-electron chi connectivity index (χ4n) is 7.01. The minimum atomic E-state index is -0.115. The minimum absolute atomic E-state index is 0.0365. The highest BCUT2D eigenvalue weighted by molar-refractivity contribution is 7.01. The predicted octanol–water partition coefficient (Wildman–Crippen LogP) is 10.4. The summed E-state index contributed by atoms with van der Waals surface area (Å²) in [6, 6.07) is 34.8. The van der Waals surface area contributed by atoms with Crippen molar-refractivity contribution in [2.24, 2.45) is 0 Å². The van der Waals surface area contributed by atoms with E-state index in [4.69, 9.17) is 9.97 Å². The van der Waals surface area contributed by atoms with E-state index in [1.165, 1.54) is 28.1 Å². The molecule has 0 amide bonds. The Bertz CT molecular complexity index is 2470. The highest BCUT2D eigenvalue weighted by Crippen LogP contribution is 2.51. The van der Waals surface area contributed by atoms with Gasteiger partial charge in [-0.15, -0.1) is 0 Å². The molecule has 0 saturated heterocycles.